The Bertz CT molecular complexity index is 678. The lowest BCUT2D eigenvalue weighted by Gasteiger charge is -2.09. The van der Waals surface area contributed by atoms with Crippen molar-refractivity contribution in [2.45, 2.75) is 6.42 Å². The van der Waals surface area contributed by atoms with Crippen molar-refractivity contribution in [2.24, 2.45) is 0 Å². The molecule has 0 aliphatic rings. The third-order valence-corrected chi connectivity index (χ3v) is 3.05. The maximum Gasteiger partial charge on any atom is 0.284 e. The van der Waals surface area contributed by atoms with E-state index < -0.39 is 4.92 Å². The normalized spacial score (nSPS) is 10.1. The molecule has 1 N–H and O–H groups in total. The number of nitro groups is 1. The predicted octanol–water partition coefficient (Wildman–Crippen LogP) is 2.12. The van der Waals surface area contributed by atoms with E-state index in [0.717, 1.165) is 12.3 Å². The fourth-order valence-corrected chi connectivity index (χ4v) is 1.89. The van der Waals surface area contributed by atoms with Gasteiger partial charge in [0.2, 0.25) is 0 Å². The fourth-order valence-electron chi connectivity index (χ4n) is 1.89. The quantitative estimate of drug-likeness (QED) is 0.263. The second-order valence-electron chi connectivity index (χ2n) is 4.66. The first-order valence-electron chi connectivity index (χ1n) is 6.98. The van der Waals surface area contributed by atoms with Crippen LogP contribution in [0, 0.1) is 15.3 Å². The van der Waals surface area contributed by atoms with Crippen LogP contribution in [0.25, 0.3) is 0 Å². The highest BCUT2D eigenvalue weighted by Gasteiger charge is 2.12. The van der Waals surface area contributed by atoms with Gasteiger partial charge in [0.05, 0.1) is 31.3 Å². The first-order valence-corrected chi connectivity index (χ1v) is 6.98. The zero-order chi connectivity index (χ0) is 16.7. The van der Waals surface area contributed by atoms with E-state index in [1.54, 1.807) is 13.2 Å². The predicted molar refractivity (Wildman–Crippen MR) is 83.7 cm³/mol. The van der Waals surface area contributed by atoms with Crippen LogP contribution in [0.15, 0.2) is 42.6 Å². The summed E-state index contributed by atoms with van der Waals surface area (Å²) in [5.74, 6) is 1.55. The van der Waals surface area contributed by atoms with Gasteiger partial charge >= 0.3 is 0 Å². The van der Waals surface area contributed by atoms with Gasteiger partial charge in [-0.15, -0.1) is 0 Å². The molecule has 23 heavy (non-hydrogen) atoms. The molecular formula is C15H17N3O5. The fraction of sp³-hybridized carbons (Fsp3) is 0.267. The monoisotopic (exact) mass is 319 g/mol. The van der Waals surface area contributed by atoms with Crippen molar-refractivity contribution >= 4 is 11.5 Å². The Morgan fingerprint density at radius 1 is 1.26 bits per heavy atom. The molecule has 0 aliphatic heterocycles. The van der Waals surface area contributed by atoms with Gasteiger partial charge in [-0.3, -0.25) is 15.4 Å². The summed E-state index contributed by atoms with van der Waals surface area (Å²) in [6.45, 7) is 0.890. The molecule has 0 radical (unpaired) electrons. The summed E-state index contributed by atoms with van der Waals surface area (Å²) < 4.78 is 11.2. The lowest BCUT2D eigenvalue weighted by molar-refractivity contribution is -0.591. The molecule has 0 fully saturated rings. The molecule has 122 valence electrons. The van der Waals surface area contributed by atoms with Crippen molar-refractivity contribution in [1.82, 2.24) is 0 Å². The maximum atomic E-state index is 11.5. The number of aromatic nitrogens is 1. The van der Waals surface area contributed by atoms with Crippen LogP contribution in [0.3, 0.4) is 0 Å². The third-order valence-electron chi connectivity index (χ3n) is 3.05. The van der Waals surface area contributed by atoms with Gasteiger partial charge in [0.25, 0.3) is 11.5 Å². The number of anilines is 1. The van der Waals surface area contributed by atoms with E-state index in [2.05, 4.69) is 5.32 Å². The summed E-state index contributed by atoms with van der Waals surface area (Å²) in [5, 5.41) is 25.1. The molecule has 0 saturated carbocycles. The first kappa shape index (κ1) is 16.3. The second kappa shape index (κ2) is 7.83. The topological polar surface area (TPSA) is 101 Å². The van der Waals surface area contributed by atoms with Gasteiger partial charge in [0.15, 0.2) is 0 Å². The minimum absolute atomic E-state index is 0.132. The number of hydrogen-bond acceptors (Lipinski definition) is 6. The molecule has 8 heteroatoms. The van der Waals surface area contributed by atoms with E-state index in [1.165, 1.54) is 6.07 Å². The van der Waals surface area contributed by atoms with Gasteiger partial charge in [-0.05, 0) is 12.1 Å². The van der Waals surface area contributed by atoms with Gasteiger partial charge < -0.3 is 14.7 Å². The lowest BCUT2D eigenvalue weighted by atomic mass is 10.3. The zero-order valence-corrected chi connectivity index (χ0v) is 12.6. The highest BCUT2D eigenvalue weighted by molar-refractivity contribution is 5.40. The number of methoxy groups -OCH3 is 1. The SMILES string of the molecule is COc1cccc(OCCCNc2cc([N+](=O)[O-])cc[n+]2[O-])c1. The Balaban J connectivity index is 1.79. The van der Waals surface area contributed by atoms with E-state index in [4.69, 9.17) is 9.47 Å². The molecule has 0 atom stereocenters. The average molecular weight is 319 g/mol. The second-order valence-corrected chi connectivity index (χ2v) is 4.66. The Hall–Kier alpha value is -3.03. The number of hydrogen-bond donors (Lipinski definition) is 1. The van der Waals surface area contributed by atoms with E-state index in [1.807, 2.05) is 18.2 Å². The van der Waals surface area contributed by atoms with Crippen LogP contribution in [0.2, 0.25) is 0 Å². The number of benzene rings is 1. The molecule has 1 aromatic heterocycles. The molecule has 1 heterocycles. The van der Waals surface area contributed by atoms with Crippen molar-refractivity contribution < 1.29 is 19.1 Å². The standard InChI is InChI=1S/C15H17N3O5/c1-22-13-4-2-5-14(11-13)23-9-3-7-16-15-10-12(18(20)21)6-8-17(15)19/h2,4-6,8,10-11,16H,3,7,9H2,1H3. The van der Waals surface area contributed by atoms with Crippen molar-refractivity contribution in [2.75, 3.05) is 25.6 Å². The molecule has 0 bridgehead atoms. The van der Waals surface area contributed by atoms with E-state index in [9.17, 15) is 15.3 Å². The summed E-state index contributed by atoms with van der Waals surface area (Å²) in [7, 11) is 1.58. The van der Waals surface area contributed by atoms with Gasteiger partial charge in [0.1, 0.15) is 23.8 Å². The van der Waals surface area contributed by atoms with Gasteiger partial charge in [0, 0.05) is 12.5 Å². The summed E-state index contributed by atoms with van der Waals surface area (Å²) in [6.07, 6.45) is 1.73. The minimum Gasteiger partial charge on any atom is -0.711 e. The third kappa shape index (κ3) is 4.73. The van der Waals surface area contributed by atoms with Crippen LogP contribution in [-0.2, 0) is 0 Å². The molecule has 0 amide bonds. The van der Waals surface area contributed by atoms with Gasteiger partial charge in [-0.1, -0.05) is 6.07 Å². The number of nitrogens with one attached hydrogen (secondary N) is 1. The molecule has 1 aromatic carbocycles. The molecular weight excluding hydrogens is 302 g/mol. The Labute approximate surface area is 133 Å². The summed E-state index contributed by atoms with van der Waals surface area (Å²) in [5.41, 5.74) is -0.132. The Kier molecular flexibility index (Phi) is 5.56. The van der Waals surface area contributed by atoms with E-state index in [-0.39, 0.29) is 11.5 Å². The maximum absolute atomic E-state index is 11.5. The largest absolute Gasteiger partial charge is 0.711 e. The van der Waals surface area contributed by atoms with Crippen molar-refractivity contribution in [3.63, 3.8) is 0 Å². The number of pyridine rings is 1. The van der Waals surface area contributed by atoms with Crippen LogP contribution >= 0.6 is 0 Å². The van der Waals surface area contributed by atoms with Crippen LogP contribution < -0.4 is 19.5 Å². The van der Waals surface area contributed by atoms with Crippen molar-refractivity contribution in [3.8, 4) is 11.5 Å². The van der Waals surface area contributed by atoms with Crippen LogP contribution in [-0.4, -0.2) is 25.2 Å². The first-order chi connectivity index (χ1) is 11.1. The molecule has 0 spiro atoms. The molecule has 2 aromatic rings. The summed E-state index contributed by atoms with van der Waals surface area (Å²) in [6, 6.07) is 9.61. The highest BCUT2D eigenvalue weighted by atomic mass is 16.6. The van der Waals surface area contributed by atoms with Gasteiger partial charge in [-0.25, -0.2) is 4.73 Å². The molecule has 0 unspecified atom stereocenters. The molecule has 8 nitrogen and oxygen atoms in total. The number of ether oxygens (including phenoxy) is 2. The van der Waals surface area contributed by atoms with Crippen LogP contribution in [0.5, 0.6) is 11.5 Å². The molecule has 0 aliphatic carbocycles. The smallest absolute Gasteiger partial charge is 0.284 e. The lowest BCUT2D eigenvalue weighted by Crippen LogP contribution is -2.30. The Morgan fingerprint density at radius 3 is 2.78 bits per heavy atom. The van der Waals surface area contributed by atoms with Crippen molar-refractivity contribution in [3.05, 3.63) is 57.9 Å². The van der Waals surface area contributed by atoms with E-state index in [0.29, 0.717) is 35.8 Å². The van der Waals surface area contributed by atoms with Crippen LogP contribution in [0.1, 0.15) is 6.42 Å². The molecule has 2 rings (SSSR count). The summed E-state index contributed by atoms with van der Waals surface area (Å²) >= 11 is 0. The van der Waals surface area contributed by atoms with Crippen molar-refractivity contribution in [1.29, 1.82) is 0 Å². The van der Waals surface area contributed by atoms with Gasteiger partial charge in [-0.2, -0.15) is 0 Å². The van der Waals surface area contributed by atoms with Crippen LogP contribution in [0.4, 0.5) is 11.5 Å². The highest BCUT2D eigenvalue weighted by Crippen LogP contribution is 2.19. The number of nitrogens with zero attached hydrogens (tertiary/aromatic N) is 2. The minimum atomic E-state index is -0.545. The molecule has 0 saturated heterocycles. The Morgan fingerprint density at radius 2 is 2.04 bits per heavy atom. The summed E-state index contributed by atoms with van der Waals surface area (Å²) in [4.78, 5) is 10.1. The zero-order valence-electron chi connectivity index (χ0n) is 12.6. The average Bonchev–Trinajstić information content (AvgIpc) is 2.56. The number of rotatable bonds is 8. The van der Waals surface area contributed by atoms with E-state index >= 15 is 0 Å².